The number of aliphatic imine (C=N–C) groups is 1. The third-order valence-corrected chi connectivity index (χ3v) is 3.04. The van der Waals surface area contributed by atoms with E-state index in [1.165, 1.54) is 4.90 Å². The average Bonchev–Trinajstić information content (AvgIpc) is 2.14. The lowest BCUT2D eigenvalue weighted by Gasteiger charge is -2.42. The molecule has 2 heterocycles. The van der Waals surface area contributed by atoms with Crippen LogP contribution in [0.1, 0.15) is 13.3 Å². The molecule has 0 spiro atoms. The van der Waals surface area contributed by atoms with Gasteiger partial charge in [0.25, 0.3) is 0 Å². The Morgan fingerprint density at radius 1 is 1.71 bits per heavy atom. The second kappa shape index (κ2) is 2.95. The van der Waals surface area contributed by atoms with Crippen LogP contribution in [0.25, 0.3) is 0 Å². The lowest BCUT2D eigenvalue weighted by atomic mass is 9.81. The summed E-state index contributed by atoms with van der Waals surface area (Å²) in [4.78, 5) is 17.7. The van der Waals surface area contributed by atoms with Crippen LogP contribution in [-0.2, 0) is 9.53 Å². The second-order valence-electron chi connectivity index (χ2n) is 4.12. The van der Waals surface area contributed by atoms with Crippen LogP contribution in [-0.4, -0.2) is 42.6 Å². The van der Waals surface area contributed by atoms with E-state index < -0.39 is 5.54 Å². The minimum atomic E-state index is -0.452. The molecule has 2 rings (SSSR count). The highest BCUT2D eigenvalue weighted by Gasteiger charge is 2.46. The molecule has 2 aliphatic heterocycles. The van der Waals surface area contributed by atoms with Crippen molar-refractivity contribution in [3.8, 4) is 0 Å². The van der Waals surface area contributed by atoms with E-state index >= 15 is 0 Å². The third kappa shape index (κ3) is 1.19. The summed E-state index contributed by atoms with van der Waals surface area (Å²) in [6.45, 7) is 3.04. The van der Waals surface area contributed by atoms with Crippen molar-refractivity contribution in [2.45, 2.75) is 18.9 Å². The molecule has 14 heavy (non-hydrogen) atoms. The molecule has 1 amide bonds. The van der Waals surface area contributed by atoms with Gasteiger partial charge in [0.05, 0.1) is 18.1 Å². The van der Waals surface area contributed by atoms with Crippen LogP contribution in [0.5, 0.6) is 0 Å². The normalized spacial score (nSPS) is 37.9. The maximum Gasteiger partial charge on any atom is 0.234 e. The first-order chi connectivity index (χ1) is 6.54. The molecule has 0 aromatic heterocycles. The molecule has 1 saturated heterocycles. The predicted octanol–water partition coefficient (Wildman–Crippen LogP) is -0.432. The van der Waals surface area contributed by atoms with Gasteiger partial charge in [0.1, 0.15) is 0 Å². The number of carbonyl (C=O) groups excluding carboxylic acids is 1. The van der Waals surface area contributed by atoms with Gasteiger partial charge in [-0.15, -0.1) is 0 Å². The van der Waals surface area contributed by atoms with E-state index in [4.69, 9.17) is 10.5 Å². The topological polar surface area (TPSA) is 67.9 Å². The van der Waals surface area contributed by atoms with Gasteiger partial charge in [-0.25, -0.2) is 4.99 Å². The van der Waals surface area contributed by atoms with Gasteiger partial charge in [-0.3, -0.25) is 9.69 Å². The van der Waals surface area contributed by atoms with Crippen LogP contribution >= 0.6 is 0 Å². The van der Waals surface area contributed by atoms with Crippen molar-refractivity contribution in [3.05, 3.63) is 0 Å². The van der Waals surface area contributed by atoms with E-state index in [1.54, 1.807) is 7.05 Å². The number of hydrogen-bond donors (Lipinski definition) is 1. The number of nitrogens with two attached hydrogens (primary N) is 1. The fourth-order valence-corrected chi connectivity index (χ4v) is 2.07. The van der Waals surface area contributed by atoms with Gasteiger partial charge in [0.2, 0.25) is 5.91 Å². The average molecular weight is 197 g/mol. The Kier molecular flexibility index (Phi) is 1.99. The van der Waals surface area contributed by atoms with Crippen LogP contribution in [0.4, 0.5) is 0 Å². The van der Waals surface area contributed by atoms with Crippen LogP contribution in [0.2, 0.25) is 0 Å². The van der Waals surface area contributed by atoms with Gasteiger partial charge in [0.15, 0.2) is 5.96 Å². The molecular weight excluding hydrogens is 182 g/mol. The number of amides is 1. The van der Waals surface area contributed by atoms with Crippen LogP contribution in [0.3, 0.4) is 0 Å². The van der Waals surface area contributed by atoms with Crippen molar-refractivity contribution in [2.75, 3.05) is 20.3 Å². The summed E-state index contributed by atoms with van der Waals surface area (Å²) in [5.74, 6) is 0.274. The molecule has 1 fully saturated rings. The highest BCUT2D eigenvalue weighted by atomic mass is 16.5. The number of fused-ring (bicyclic) bond motifs is 1. The summed E-state index contributed by atoms with van der Waals surface area (Å²) < 4.78 is 5.34. The van der Waals surface area contributed by atoms with E-state index in [1.807, 2.05) is 6.92 Å². The summed E-state index contributed by atoms with van der Waals surface area (Å²) in [5.41, 5.74) is 5.21. The number of guanidine groups is 1. The molecule has 5 nitrogen and oxygen atoms in total. The van der Waals surface area contributed by atoms with Gasteiger partial charge in [-0.05, 0) is 13.3 Å². The van der Waals surface area contributed by atoms with Crippen LogP contribution in [0, 0.1) is 5.92 Å². The van der Waals surface area contributed by atoms with Crippen LogP contribution in [0.15, 0.2) is 4.99 Å². The number of ether oxygens (including phenoxy) is 1. The Hall–Kier alpha value is -1.10. The van der Waals surface area contributed by atoms with Gasteiger partial charge in [-0.2, -0.15) is 0 Å². The second-order valence-corrected chi connectivity index (χ2v) is 4.12. The van der Waals surface area contributed by atoms with Crippen molar-refractivity contribution in [1.29, 1.82) is 0 Å². The number of hydrogen-bond acceptors (Lipinski definition) is 4. The Morgan fingerprint density at radius 3 is 3.14 bits per heavy atom. The quantitative estimate of drug-likeness (QED) is 0.573. The Balaban J connectivity index is 2.38. The first kappa shape index (κ1) is 9.45. The van der Waals surface area contributed by atoms with E-state index in [2.05, 4.69) is 4.99 Å². The standard InChI is InChI=1S/C9H15N3O2/c1-9-5-14-4-3-6(9)7(13)12(2)8(10)11-9/h6H,3-5H2,1-2H3,(H2,10,11)/t6-,9?/m0/s1. The zero-order valence-corrected chi connectivity index (χ0v) is 8.49. The van der Waals surface area contributed by atoms with Crippen molar-refractivity contribution in [2.24, 2.45) is 16.6 Å². The fraction of sp³-hybridized carbons (Fsp3) is 0.778. The number of nitrogens with zero attached hydrogens (tertiary/aromatic N) is 2. The summed E-state index contributed by atoms with van der Waals surface area (Å²) >= 11 is 0. The third-order valence-electron chi connectivity index (χ3n) is 3.04. The molecule has 0 radical (unpaired) electrons. The molecule has 2 N–H and O–H groups in total. The maximum atomic E-state index is 11.9. The fourth-order valence-electron chi connectivity index (χ4n) is 2.07. The molecule has 5 heteroatoms. The highest BCUT2D eigenvalue weighted by molar-refractivity contribution is 6.00. The summed E-state index contributed by atoms with van der Waals surface area (Å²) in [7, 11) is 1.66. The molecule has 1 unspecified atom stereocenters. The summed E-state index contributed by atoms with van der Waals surface area (Å²) in [6.07, 6.45) is 0.733. The smallest absolute Gasteiger partial charge is 0.234 e. The number of rotatable bonds is 0. The zero-order valence-electron chi connectivity index (χ0n) is 8.49. The molecule has 2 atom stereocenters. The SMILES string of the molecule is CN1C(=O)[C@@H]2CCOCC2(C)N=C1N. The monoisotopic (exact) mass is 197 g/mol. The zero-order chi connectivity index (χ0) is 10.3. The Bertz CT molecular complexity index is 302. The molecule has 0 saturated carbocycles. The molecule has 0 aromatic rings. The Labute approximate surface area is 82.9 Å². The van der Waals surface area contributed by atoms with Crippen LogP contribution < -0.4 is 5.73 Å². The molecule has 0 aromatic carbocycles. The molecular formula is C9H15N3O2. The van der Waals surface area contributed by atoms with Crippen molar-refractivity contribution >= 4 is 11.9 Å². The van der Waals surface area contributed by atoms with Gasteiger partial charge < -0.3 is 10.5 Å². The highest BCUT2D eigenvalue weighted by Crippen LogP contribution is 2.33. The van der Waals surface area contributed by atoms with Gasteiger partial charge in [-0.1, -0.05) is 0 Å². The summed E-state index contributed by atoms with van der Waals surface area (Å²) in [6, 6.07) is 0. The van der Waals surface area contributed by atoms with E-state index in [-0.39, 0.29) is 11.8 Å². The predicted molar refractivity (Wildman–Crippen MR) is 51.7 cm³/mol. The van der Waals surface area contributed by atoms with Crippen molar-refractivity contribution in [3.63, 3.8) is 0 Å². The lowest BCUT2D eigenvalue weighted by molar-refractivity contribution is -0.139. The first-order valence-corrected chi connectivity index (χ1v) is 4.75. The minimum absolute atomic E-state index is 0.0586. The van der Waals surface area contributed by atoms with Crippen molar-refractivity contribution in [1.82, 2.24) is 4.90 Å². The largest absolute Gasteiger partial charge is 0.379 e. The molecule has 0 aliphatic carbocycles. The molecule has 0 bridgehead atoms. The summed E-state index contributed by atoms with van der Waals surface area (Å²) in [5, 5.41) is 0. The van der Waals surface area contributed by atoms with E-state index in [0.717, 1.165) is 6.42 Å². The lowest BCUT2D eigenvalue weighted by Crippen LogP contribution is -2.58. The van der Waals surface area contributed by atoms with E-state index in [0.29, 0.717) is 19.2 Å². The Morgan fingerprint density at radius 2 is 2.43 bits per heavy atom. The minimum Gasteiger partial charge on any atom is -0.379 e. The first-order valence-electron chi connectivity index (χ1n) is 4.75. The van der Waals surface area contributed by atoms with Gasteiger partial charge in [0, 0.05) is 13.7 Å². The molecule has 78 valence electrons. The number of carbonyl (C=O) groups is 1. The van der Waals surface area contributed by atoms with Gasteiger partial charge >= 0.3 is 0 Å². The van der Waals surface area contributed by atoms with E-state index in [9.17, 15) is 4.79 Å². The molecule has 2 aliphatic rings. The maximum absolute atomic E-state index is 11.9. The van der Waals surface area contributed by atoms with Crippen molar-refractivity contribution < 1.29 is 9.53 Å².